The van der Waals surface area contributed by atoms with Gasteiger partial charge in [-0.2, -0.15) is 0 Å². The molecule has 0 spiro atoms. The van der Waals surface area contributed by atoms with Crippen LogP contribution in [0.25, 0.3) is 0 Å². The zero-order chi connectivity index (χ0) is 12.6. The van der Waals surface area contributed by atoms with Crippen molar-refractivity contribution in [3.63, 3.8) is 0 Å². The number of fused-ring (bicyclic) bond motifs is 1. The number of aliphatic carboxylic acids is 1. The number of ketones is 1. The second-order valence-electron chi connectivity index (χ2n) is 3.97. The van der Waals surface area contributed by atoms with Crippen LogP contribution in [0.5, 0.6) is 0 Å². The van der Waals surface area contributed by atoms with Crippen molar-refractivity contribution >= 4 is 11.8 Å². The Kier molecular flexibility index (Phi) is 3.43. The third-order valence-electron chi connectivity index (χ3n) is 2.68. The summed E-state index contributed by atoms with van der Waals surface area (Å²) in [5.41, 5.74) is 0. The largest absolute Gasteiger partial charge is 0.475 e. The zero-order valence-electron chi connectivity index (χ0n) is 9.49. The van der Waals surface area contributed by atoms with Gasteiger partial charge in [0, 0.05) is 0 Å². The molecule has 0 aromatic carbocycles. The van der Waals surface area contributed by atoms with Gasteiger partial charge in [0.1, 0.15) is 12.2 Å². The molecule has 0 aliphatic carbocycles. The van der Waals surface area contributed by atoms with Crippen LogP contribution >= 0.6 is 0 Å². The zero-order valence-corrected chi connectivity index (χ0v) is 9.49. The molecule has 2 saturated heterocycles. The van der Waals surface area contributed by atoms with Crippen molar-refractivity contribution in [1.82, 2.24) is 0 Å². The molecule has 0 bridgehead atoms. The molecule has 5 atom stereocenters. The minimum Gasteiger partial charge on any atom is -0.475 e. The van der Waals surface area contributed by atoms with Gasteiger partial charge >= 0.3 is 5.97 Å². The molecule has 2 fully saturated rings. The van der Waals surface area contributed by atoms with Crippen LogP contribution in [0.2, 0.25) is 0 Å². The van der Waals surface area contributed by atoms with Gasteiger partial charge in [-0.3, -0.25) is 4.79 Å². The Morgan fingerprint density at radius 2 is 1.82 bits per heavy atom. The Hall–Kier alpha value is -1.02. The minimum atomic E-state index is -1.54. The first kappa shape index (κ1) is 12.4. The van der Waals surface area contributed by atoms with Crippen molar-refractivity contribution in [3.8, 4) is 0 Å². The van der Waals surface area contributed by atoms with E-state index in [2.05, 4.69) is 0 Å². The Labute approximate surface area is 97.6 Å². The maximum Gasteiger partial charge on any atom is 0.375 e. The van der Waals surface area contributed by atoms with Crippen LogP contribution in [0.3, 0.4) is 0 Å². The van der Waals surface area contributed by atoms with Gasteiger partial charge in [-0.1, -0.05) is 0 Å². The third kappa shape index (κ3) is 2.47. The molecule has 2 aliphatic heterocycles. The number of ether oxygens (including phenoxy) is 4. The molecule has 2 rings (SSSR count). The lowest BCUT2D eigenvalue weighted by molar-refractivity contribution is -0.343. The van der Waals surface area contributed by atoms with Crippen LogP contribution in [0.15, 0.2) is 0 Å². The van der Waals surface area contributed by atoms with Crippen molar-refractivity contribution < 1.29 is 33.6 Å². The number of carboxylic acids is 1. The number of carbonyl (C=O) groups is 2. The van der Waals surface area contributed by atoms with E-state index < -0.39 is 42.6 Å². The molecule has 0 amide bonds. The highest BCUT2D eigenvalue weighted by atomic mass is 16.8. The fourth-order valence-corrected chi connectivity index (χ4v) is 1.95. The van der Waals surface area contributed by atoms with Crippen molar-refractivity contribution in [2.75, 3.05) is 6.61 Å². The molecule has 0 aromatic heterocycles. The van der Waals surface area contributed by atoms with Gasteiger partial charge < -0.3 is 24.1 Å². The van der Waals surface area contributed by atoms with Gasteiger partial charge in [-0.25, -0.2) is 4.79 Å². The first-order valence-corrected chi connectivity index (χ1v) is 5.34. The first-order valence-electron chi connectivity index (χ1n) is 5.34. The normalized spacial score (nSPS) is 41.6. The molecular formula is C10H14O7. The number of hydrogen-bond donors (Lipinski definition) is 1. The molecule has 17 heavy (non-hydrogen) atoms. The van der Waals surface area contributed by atoms with Crippen molar-refractivity contribution in [1.29, 1.82) is 0 Å². The molecule has 0 aromatic rings. The second kappa shape index (κ2) is 4.69. The van der Waals surface area contributed by atoms with E-state index in [1.54, 1.807) is 13.8 Å². The summed E-state index contributed by atoms with van der Waals surface area (Å²) in [6.07, 6.45) is -3.54. The molecule has 2 aliphatic rings. The predicted octanol–water partition coefficient (Wildman–Crippen LogP) is -0.468. The standard InChI is InChI=1S/C10H14O7/c1-4-14-3-6-8(16-4)9(7(11)10(12)13)17-5(2)15-6/h4-6,8-9H,3H2,1-2H3,(H,12,13)/t4?,5?,6-,8+,9+/m0/s1. The summed E-state index contributed by atoms with van der Waals surface area (Å²) in [5, 5.41) is 8.72. The molecule has 2 unspecified atom stereocenters. The van der Waals surface area contributed by atoms with Crippen molar-refractivity contribution in [3.05, 3.63) is 0 Å². The maximum atomic E-state index is 11.5. The topological polar surface area (TPSA) is 91.3 Å². The van der Waals surface area contributed by atoms with Crippen molar-refractivity contribution in [2.24, 2.45) is 0 Å². The summed E-state index contributed by atoms with van der Waals surface area (Å²) < 4.78 is 21.2. The average Bonchev–Trinajstić information content (AvgIpc) is 2.27. The highest BCUT2D eigenvalue weighted by molar-refractivity contribution is 6.34. The van der Waals surface area contributed by atoms with E-state index in [1.165, 1.54) is 0 Å². The van der Waals surface area contributed by atoms with Gasteiger partial charge in [0.25, 0.3) is 5.78 Å². The predicted molar refractivity (Wildman–Crippen MR) is 52.1 cm³/mol. The van der Waals surface area contributed by atoms with Crippen LogP contribution in [0.1, 0.15) is 13.8 Å². The lowest BCUT2D eigenvalue weighted by atomic mass is 10.0. The lowest BCUT2D eigenvalue weighted by Crippen LogP contribution is -2.60. The van der Waals surface area contributed by atoms with Crippen LogP contribution in [-0.2, 0) is 28.5 Å². The van der Waals surface area contributed by atoms with Gasteiger partial charge in [-0.05, 0) is 13.8 Å². The molecule has 7 heteroatoms. The van der Waals surface area contributed by atoms with Crippen LogP contribution in [0.4, 0.5) is 0 Å². The van der Waals surface area contributed by atoms with Crippen molar-refractivity contribution in [2.45, 2.75) is 44.7 Å². The van der Waals surface area contributed by atoms with Gasteiger partial charge in [-0.15, -0.1) is 0 Å². The molecule has 0 saturated carbocycles. The van der Waals surface area contributed by atoms with E-state index in [4.69, 9.17) is 24.1 Å². The SMILES string of the molecule is CC1OC[C@@H]2OC(C)O[C@H](C(=O)C(=O)O)[C@@H]2O1. The number of carboxylic acid groups (broad SMARTS) is 1. The quantitative estimate of drug-likeness (QED) is 0.658. The summed E-state index contributed by atoms with van der Waals surface area (Å²) in [7, 11) is 0. The fraction of sp³-hybridized carbons (Fsp3) is 0.800. The Morgan fingerprint density at radius 1 is 1.12 bits per heavy atom. The fourth-order valence-electron chi connectivity index (χ4n) is 1.95. The summed E-state index contributed by atoms with van der Waals surface area (Å²) in [4.78, 5) is 22.2. The number of rotatable bonds is 2. The van der Waals surface area contributed by atoms with Gasteiger partial charge in [0.15, 0.2) is 18.7 Å². The van der Waals surface area contributed by atoms with Crippen LogP contribution < -0.4 is 0 Å². The lowest BCUT2D eigenvalue weighted by Gasteiger charge is -2.43. The molecule has 96 valence electrons. The third-order valence-corrected chi connectivity index (χ3v) is 2.68. The molecule has 2 heterocycles. The highest BCUT2D eigenvalue weighted by Crippen LogP contribution is 2.27. The van der Waals surface area contributed by atoms with E-state index in [0.29, 0.717) is 0 Å². The van der Waals surface area contributed by atoms with Crippen LogP contribution in [-0.4, -0.2) is 54.4 Å². The molecule has 1 N–H and O–H groups in total. The van der Waals surface area contributed by atoms with Crippen LogP contribution in [0, 0.1) is 0 Å². The molecular weight excluding hydrogens is 232 g/mol. The summed E-state index contributed by atoms with van der Waals surface area (Å²) >= 11 is 0. The number of hydrogen-bond acceptors (Lipinski definition) is 6. The van der Waals surface area contributed by atoms with Gasteiger partial charge in [0.2, 0.25) is 0 Å². The highest BCUT2D eigenvalue weighted by Gasteiger charge is 2.47. The number of carbonyl (C=O) groups excluding carboxylic acids is 1. The summed E-state index contributed by atoms with van der Waals surface area (Å²) in [6, 6.07) is 0. The van der Waals surface area contributed by atoms with E-state index >= 15 is 0 Å². The van der Waals surface area contributed by atoms with E-state index in [-0.39, 0.29) is 6.61 Å². The summed E-state index contributed by atoms with van der Waals surface area (Å²) in [5.74, 6) is -2.56. The first-order chi connectivity index (χ1) is 7.99. The summed E-state index contributed by atoms with van der Waals surface area (Å²) in [6.45, 7) is 3.51. The minimum absolute atomic E-state index is 0.253. The number of Topliss-reactive ketones (excluding diaryl/α,β-unsaturated/α-hetero) is 1. The Bertz CT molecular complexity index is 329. The average molecular weight is 246 g/mol. The van der Waals surface area contributed by atoms with E-state index in [9.17, 15) is 9.59 Å². The maximum absolute atomic E-state index is 11.5. The Balaban J connectivity index is 2.16. The smallest absolute Gasteiger partial charge is 0.375 e. The molecule has 7 nitrogen and oxygen atoms in total. The van der Waals surface area contributed by atoms with E-state index in [1.807, 2.05) is 0 Å². The van der Waals surface area contributed by atoms with Gasteiger partial charge in [0.05, 0.1) is 6.61 Å². The van der Waals surface area contributed by atoms with E-state index in [0.717, 1.165) is 0 Å². The Morgan fingerprint density at radius 3 is 2.47 bits per heavy atom. The monoisotopic (exact) mass is 246 g/mol. The molecule has 0 radical (unpaired) electrons. The second-order valence-corrected chi connectivity index (χ2v) is 3.97.